The molecule has 0 radical (unpaired) electrons. The third-order valence-corrected chi connectivity index (χ3v) is 3.39. The summed E-state index contributed by atoms with van der Waals surface area (Å²) in [5.41, 5.74) is 0. The molecule has 0 aromatic heterocycles. The van der Waals surface area contributed by atoms with Crippen LogP contribution in [0.2, 0.25) is 0 Å². The molecule has 0 unspecified atom stereocenters. The van der Waals surface area contributed by atoms with Crippen molar-refractivity contribution in [2.45, 2.75) is 39.2 Å². The largest absolute Gasteiger partial charge is 0.481 e. The van der Waals surface area contributed by atoms with E-state index >= 15 is 0 Å². The first kappa shape index (κ1) is 15.9. The molecule has 100 valence electrons. The Morgan fingerprint density at radius 3 is 2.29 bits per heavy atom. The Bertz CT molecular complexity index is 357. The van der Waals surface area contributed by atoms with Crippen molar-refractivity contribution < 1.29 is 27.9 Å². The Morgan fingerprint density at radius 2 is 1.82 bits per heavy atom. The molecule has 0 spiro atoms. The predicted octanol–water partition coefficient (Wildman–Crippen LogP) is 0.608. The van der Waals surface area contributed by atoms with Crippen LogP contribution >= 0.6 is 0 Å². The van der Waals surface area contributed by atoms with Gasteiger partial charge in [0.1, 0.15) is 5.75 Å². The Balaban J connectivity index is 3.96. The van der Waals surface area contributed by atoms with Crippen molar-refractivity contribution in [3.05, 3.63) is 0 Å². The summed E-state index contributed by atoms with van der Waals surface area (Å²) < 4.78 is 27.6. The van der Waals surface area contributed by atoms with Crippen LogP contribution in [0.25, 0.3) is 0 Å². The maximum absolute atomic E-state index is 11.4. The van der Waals surface area contributed by atoms with Crippen LogP contribution in [0.1, 0.15) is 33.1 Å². The molecular formula is C10H18O6S. The van der Waals surface area contributed by atoms with Gasteiger partial charge in [-0.05, 0) is 26.7 Å². The summed E-state index contributed by atoms with van der Waals surface area (Å²) >= 11 is 0. The molecule has 0 aromatic carbocycles. The number of unbranched alkanes of at least 4 members (excludes halogenated alkanes) is 1. The SMILES string of the molecule is CC(C)OC(=O)CS(=O)(=O)CCCCC(=O)O. The van der Waals surface area contributed by atoms with E-state index in [0.717, 1.165) is 0 Å². The van der Waals surface area contributed by atoms with Gasteiger partial charge in [-0.25, -0.2) is 8.42 Å². The molecule has 6 nitrogen and oxygen atoms in total. The average molecular weight is 266 g/mol. The van der Waals surface area contributed by atoms with Crippen LogP contribution in [0, 0.1) is 0 Å². The molecule has 17 heavy (non-hydrogen) atoms. The van der Waals surface area contributed by atoms with E-state index in [1.165, 1.54) is 0 Å². The maximum Gasteiger partial charge on any atom is 0.321 e. The summed E-state index contributed by atoms with van der Waals surface area (Å²) in [7, 11) is -3.49. The molecule has 0 amide bonds. The third-order valence-electron chi connectivity index (χ3n) is 1.80. The molecule has 0 aliphatic rings. The van der Waals surface area contributed by atoms with Gasteiger partial charge in [0.25, 0.3) is 0 Å². The fourth-order valence-electron chi connectivity index (χ4n) is 1.15. The van der Waals surface area contributed by atoms with E-state index < -0.39 is 27.5 Å². The molecule has 0 rings (SSSR count). The van der Waals surface area contributed by atoms with E-state index in [2.05, 4.69) is 0 Å². The minimum Gasteiger partial charge on any atom is -0.481 e. The molecule has 0 saturated heterocycles. The molecule has 0 aliphatic carbocycles. The normalized spacial score (nSPS) is 11.5. The number of aliphatic carboxylic acids is 1. The highest BCUT2D eigenvalue weighted by molar-refractivity contribution is 7.92. The molecule has 0 aromatic rings. The number of sulfone groups is 1. The highest BCUT2D eigenvalue weighted by Gasteiger charge is 2.18. The van der Waals surface area contributed by atoms with E-state index in [9.17, 15) is 18.0 Å². The first-order chi connectivity index (χ1) is 7.73. The molecule has 0 fully saturated rings. The topological polar surface area (TPSA) is 97.7 Å². The number of ether oxygens (including phenoxy) is 1. The van der Waals surface area contributed by atoms with Crippen LogP contribution in [-0.2, 0) is 24.2 Å². The number of rotatable bonds is 8. The Morgan fingerprint density at radius 1 is 1.24 bits per heavy atom. The molecular weight excluding hydrogens is 248 g/mol. The van der Waals surface area contributed by atoms with Gasteiger partial charge in [0.05, 0.1) is 11.9 Å². The minimum atomic E-state index is -3.49. The van der Waals surface area contributed by atoms with Crippen LogP contribution in [-0.4, -0.2) is 43.1 Å². The van der Waals surface area contributed by atoms with E-state index in [-0.39, 0.29) is 31.1 Å². The lowest BCUT2D eigenvalue weighted by Gasteiger charge is -2.08. The van der Waals surface area contributed by atoms with Crippen molar-refractivity contribution in [1.82, 2.24) is 0 Å². The van der Waals surface area contributed by atoms with E-state index in [4.69, 9.17) is 9.84 Å². The number of carboxylic acids is 1. The second kappa shape index (κ2) is 7.26. The summed E-state index contributed by atoms with van der Waals surface area (Å²) in [5, 5.41) is 8.36. The highest BCUT2D eigenvalue weighted by Crippen LogP contribution is 2.02. The lowest BCUT2D eigenvalue weighted by atomic mass is 10.3. The first-order valence-corrected chi connectivity index (χ1v) is 7.17. The Hall–Kier alpha value is -1.11. The van der Waals surface area contributed by atoms with Gasteiger partial charge in [-0.15, -0.1) is 0 Å². The predicted molar refractivity (Wildman–Crippen MR) is 61.4 cm³/mol. The quantitative estimate of drug-likeness (QED) is 0.510. The second-order valence-electron chi connectivity index (χ2n) is 3.98. The summed E-state index contributed by atoms with van der Waals surface area (Å²) in [6.45, 7) is 3.27. The third kappa shape index (κ3) is 9.80. The molecule has 1 N–H and O–H groups in total. The standard InChI is InChI=1S/C10H18O6S/c1-8(2)16-10(13)7-17(14,15)6-4-3-5-9(11)12/h8H,3-7H2,1-2H3,(H,11,12). The average Bonchev–Trinajstić information content (AvgIpc) is 2.09. The van der Waals surface area contributed by atoms with Gasteiger partial charge >= 0.3 is 11.9 Å². The van der Waals surface area contributed by atoms with Gasteiger partial charge in [-0.3, -0.25) is 9.59 Å². The van der Waals surface area contributed by atoms with Crippen molar-refractivity contribution in [2.24, 2.45) is 0 Å². The number of esters is 1. The lowest BCUT2D eigenvalue weighted by Crippen LogP contribution is -2.23. The van der Waals surface area contributed by atoms with Crippen molar-refractivity contribution in [1.29, 1.82) is 0 Å². The smallest absolute Gasteiger partial charge is 0.321 e. The molecule has 0 atom stereocenters. The first-order valence-electron chi connectivity index (χ1n) is 5.34. The fraction of sp³-hybridized carbons (Fsp3) is 0.800. The fourth-order valence-corrected chi connectivity index (χ4v) is 2.36. The van der Waals surface area contributed by atoms with Gasteiger partial charge in [-0.1, -0.05) is 0 Å². The molecule has 7 heteroatoms. The monoisotopic (exact) mass is 266 g/mol. The van der Waals surface area contributed by atoms with Gasteiger partial charge in [0.15, 0.2) is 9.84 Å². The highest BCUT2D eigenvalue weighted by atomic mass is 32.2. The van der Waals surface area contributed by atoms with Gasteiger partial charge in [-0.2, -0.15) is 0 Å². The van der Waals surface area contributed by atoms with Crippen molar-refractivity contribution >= 4 is 21.8 Å². The van der Waals surface area contributed by atoms with E-state index in [1.54, 1.807) is 13.8 Å². The van der Waals surface area contributed by atoms with Crippen LogP contribution in [0.15, 0.2) is 0 Å². The van der Waals surface area contributed by atoms with Crippen molar-refractivity contribution in [3.8, 4) is 0 Å². The lowest BCUT2D eigenvalue weighted by molar-refractivity contribution is -0.144. The summed E-state index contributed by atoms with van der Waals surface area (Å²) in [4.78, 5) is 21.3. The van der Waals surface area contributed by atoms with Crippen molar-refractivity contribution in [3.63, 3.8) is 0 Å². The molecule has 0 aliphatic heterocycles. The van der Waals surface area contributed by atoms with E-state index in [0.29, 0.717) is 0 Å². The van der Waals surface area contributed by atoms with Gasteiger partial charge in [0.2, 0.25) is 0 Å². The zero-order chi connectivity index (χ0) is 13.5. The minimum absolute atomic E-state index is 0.0635. The Kier molecular flexibility index (Phi) is 6.79. The van der Waals surface area contributed by atoms with Crippen LogP contribution in [0.3, 0.4) is 0 Å². The number of carboxylic acid groups (broad SMARTS) is 1. The number of carbonyl (C=O) groups is 2. The Labute approximate surface area is 101 Å². The second-order valence-corrected chi connectivity index (χ2v) is 6.17. The maximum atomic E-state index is 11.4. The van der Waals surface area contributed by atoms with Gasteiger partial charge in [0, 0.05) is 6.42 Å². The summed E-state index contributed by atoms with van der Waals surface area (Å²) in [6.07, 6.45) is 0.119. The van der Waals surface area contributed by atoms with E-state index in [1.807, 2.05) is 0 Å². The number of hydrogen-bond acceptors (Lipinski definition) is 5. The van der Waals surface area contributed by atoms with Crippen LogP contribution < -0.4 is 0 Å². The number of carbonyl (C=O) groups excluding carboxylic acids is 1. The molecule has 0 saturated carbocycles. The zero-order valence-electron chi connectivity index (χ0n) is 10.0. The van der Waals surface area contributed by atoms with Crippen molar-refractivity contribution in [2.75, 3.05) is 11.5 Å². The van der Waals surface area contributed by atoms with Gasteiger partial charge < -0.3 is 9.84 Å². The summed E-state index contributed by atoms with van der Waals surface area (Å²) in [6, 6.07) is 0. The zero-order valence-corrected chi connectivity index (χ0v) is 10.8. The molecule has 0 heterocycles. The number of hydrogen-bond donors (Lipinski definition) is 1. The van der Waals surface area contributed by atoms with Crippen LogP contribution in [0.4, 0.5) is 0 Å². The summed E-state index contributed by atoms with van der Waals surface area (Å²) in [5.74, 6) is -2.55. The molecule has 0 bridgehead atoms. The van der Waals surface area contributed by atoms with Crippen LogP contribution in [0.5, 0.6) is 0 Å².